The van der Waals surface area contributed by atoms with Crippen LogP contribution < -0.4 is 4.72 Å². The van der Waals surface area contributed by atoms with Crippen molar-refractivity contribution >= 4 is 21.5 Å². The van der Waals surface area contributed by atoms with Crippen molar-refractivity contribution in [2.24, 2.45) is 0 Å². The lowest BCUT2D eigenvalue weighted by Crippen LogP contribution is -2.14. The molecule has 0 atom stereocenters. The van der Waals surface area contributed by atoms with Gasteiger partial charge < -0.3 is 0 Å². The van der Waals surface area contributed by atoms with E-state index in [1.54, 1.807) is 60.7 Å². The minimum atomic E-state index is -4.51. The van der Waals surface area contributed by atoms with Gasteiger partial charge in [0.05, 0.1) is 16.1 Å². The second kappa shape index (κ2) is 9.38. The van der Waals surface area contributed by atoms with Crippen molar-refractivity contribution in [1.29, 1.82) is 0 Å². The van der Waals surface area contributed by atoms with E-state index in [1.165, 1.54) is 12.1 Å². The number of aryl methyl sites for hydroxylation is 1. The third-order valence-corrected chi connectivity index (χ3v) is 6.82. The number of sulfonamides is 1. The van der Waals surface area contributed by atoms with Gasteiger partial charge in [-0.05, 0) is 42.8 Å². The Morgan fingerprint density at radius 3 is 1.94 bits per heavy atom. The molecule has 0 saturated carbocycles. The Kier molecular flexibility index (Phi) is 6.49. The van der Waals surface area contributed by atoms with Gasteiger partial charge in [0.1, 0.15) is 0 Å². The van der Waals surface area contributed by atoms with Crippen LogP contribution in [0.4, 0.5) is 18.9 Å². The minimum Gasteiger partial charge on any atom is -0.289 e. The molecule has 35 heavy (non-hydrogen) atoms. The van der Waals surface area contributed by atoms with Gasteiger partial charge in [-0.25, -0.2) is 8.42 Å². The Morgan fingerprint density at radius 1 is 0.743 bits per heavy atom. The second-order valence-electron chi connectivity index (χ2n) is 7.91. The zero-order valence-corrected chi connectivity index (χ0v) is 19.3. The van der Waals surface area contributed by atoms with Crippen LogP contribution in [0.15, 0.2) is 102 Å². The predicted molar refractivity (Wildman–Crippen MR) is 129 cm³/mol. The quantitative estimate of drug-likeness (QED) is 0.302. The lowest BCUT2D eigenvalue weighted by Gasteiger charge is -2.15. The molecule has 0 aliphatic rings. The number of carbonyl (C=O) groups is 1. The second-order valence-corrected chi connectivity index (χ2v) is 9.60. The molecule has 0 bridgehead atoms. The van der Waals surface area contributed by atoms with E-state index in [0.29, 0.717) is 11.1 Å². The van der Waals surface area contributed by atoms with Crippen LogP contribution in [-0.4, -0.2) is 14.2 Å². The molecule has 4 rings (SSSR count). The molecule has 0 unspecified atom stereocenters. The van der Waals surface area contributed by atoms with Crippen LogP contribution in [0.2, 0.25) is 0 Å². The highest BCUT2D eigenvalue weighted by atomic mass is 32.2. The number of rotatable bonds is 6. The van der Waals surface area contributed by atoms with Crippen molar-refractivity contribution < 1.29 is 26.4 Å². The number of anilines is 1. The fourth-order valence-electron chi connectivity index (χ4n) is 3.61. The summed E-state index contributed by atoms with van der Waals surface area (Å²) in [5.74, 6) is -0.481. The summed E-state index contributed by atoms with van der Waals surface area (Å²) >= 11 is 0. The molecular formula is C27H20F3NO3S. The minimum absolute atomic E-state index is 0.0863. The fourth-order valence-corrected chi connectivity index (χ4v) is 4.69. The summed E-state index contributed by atoms with van der Waals surface area (Å²) < 4.78 is 67.3. The Balaban J connectivity index is 1.73. The summed E-state index contributed by atoms with van der Waals surface area (Å²) in [4.78, 5) is 13.3. The van der Waals surface area contributed by atoms with Gasteiger partial charge in [0.2, 0.25) is 0 Å². The summed E-state index contributed by atoms with van der Waals surface area (Å²) in [6, 6.07) is 23.6. The maximum absolute atomic E-state index is 13.2. The molecule has 0 amide bonds. The van der Waals surface area contributed by atoms with E-state index in [9.17, 15) is 26.4 Å². The van der Waals surface area contributed by atoms with Gasteiger partial charge in [0, 0.05) is 16.7 Å². The van der Waals surface area contributed by atoms with Crippen molar-refractivity contribution in [3.05, 3.63) is 119 Å². The normalized spacial score (nSPS) is 11.8. The van der Waals surface area contributed by atoms with E-state index in [1.807, 2.05) is 6.92 Å². The number of para-hydroxylation sites is 1. The Bertz CT molecular complexity index is 1480. The maximum Gasteiger partial charge on any atom is 0.416 e. The van der Waals surface area contributed by atoms with Crippen molar-refractivity contribution in [2.45, 2.75) is 18.0 Å². The molecule has 1 N–H and O–H groups in total. The summed E-state index contributed by atoms with van der Waals surface area (Å²) in [7, 11) is -3.91. The van der Waals surface area contributed by atoms with Gasteiger partial charge in [-0.15, -0.1) is 0 Å². The molecule has 0 heterocycles. The van der Waals surface area contributed by atoms with E-state index in [0.717, 1.165) is 29.8 Å². The van der Waals surface area contributed by atoms with E-state index < -0.39 is 27.5 Å². The van der Waals surface area contributed by atoms with Crippen LogP contribution in [0.5, 0.6) is 0 Å². The zero-order chi connectivity index (χ0) is 25.2. The summed E-state index contributed by atoms with van der Waals surface area (Å²) in [5, 5.41) is 0. The standard InChI is InChI=1S/C27H20F3NO3S/c1-18-10-16-21(17-11-18)35(33,34)31-25-9-5-4-7-23(25)22-6-2-3-8-24(22)26(32)19-12-14-20(15-13-19)27(28,29)30/h2-17,31H,1H3. The van der Waals surface area contributed by atoms with Gasteiger partial charge in [-0.2, -0.15) is 13.2 Å². The fraction of sp³-hybridized carbons (Fsp3) is 0.0741. The Morgan fingerprint density at radius 2 is 1.31 bits per heavy atom. The predicted octanol–water partition coefficient (Wildman–Crippen LogP) is 6.71. The van der Waals surface area contributed by atoms with Crippen LogP contribution in [0.3, 0.4) is 0 Å². The van der Waals surface area contributed by atoms with Crippen molar-refractivity contribution in [2.75, 3.05) is 4.72 Å². The number of ketones is 1. The smallest absolute Gasteiger partial charge is 0.289 e. The molecular weight excluding hydrogens is 475 g/mol. The third kappa shape index (κ3) is 5.27. The average Bonchev–Trinajstić information content (AvgIpc) is 2.83. The molecule has 4 nitrogen and oxygen atoms in total. The van der Waals surface area contributed by atoms with Crippen LogP contribution in [0.25, 0.3) is 11.1 Å². The van der Waals surface area contributed by atoms with Gasteiger partial charge in [0.15, 0.2) is 5.78 Å². The highest BCUT2D eigenvalue weighted by molar-refractivity contribution is 7.92. The average molecular weight is 496 g/mol. The maximum atomic E-state index is 13.2. The van der Waals surface area contributed by atoms with E-state index >= 15 is 0 Å². The molecule has 0 spiro atoms. The number of hydrogen-bond acceptors (Lipinski definition) is 3. The molecule has 178 valence electrons. The monoisotopic (exact) mass is 495 g/mol. The largest absolute Gasteiger partial charge is 0.416 e. The number of nitrogens with one attached hydrogen (secondary N) is 1. The van der Waals surface area contributed by atoms with Gasteiger partial charge in [-0.3, -0.25) is 9.52 Å². The van der Waals surface area contributed by atoms with Crippen LogP contribution in [0.1, 0.15) is 27.0 Å². The molecule has 4 aromatic rings. The van der Waals surface area contributed by atoms with Gasteiger partial charge in [0.25, 0.3) is 10.0 Å². The first-order valence-electron chi connectivity index (χ1n) is 10.6. The summed E-state index contributed by atoms with van der Waals surface area (Å²) in [6.45, 7) is 1.85. The first kappa shape index (κ1) is 24.2. The SMILES string of the molecule is Cc1ccc(S(=O)(=O)Nc2ccccc2-c2ccccc2C(=O)c2ccc(C(F)(F)F)cc2)cc1. The molecule has 0 aromatic heterocycles. The van der Waals surface area contributed by atoms with Gasteiger partial charge >= 0.3 is 6.18 Å². The third-order valence-electron chi connectivity index (χ3n) is 5.44. The highest BCUT2D eigenvalue weighted by Gasteiger charge is 2.30. The van der Waals surface area contributed by atoms with Crippen LogP contribution >= 0.6 is 0 Å². The summed E-state index contributed by atoms with van der Waals surface area (Å²) in [6.07, 6.45) is -4.51. The van der Waals surface area contributed by atoms with Crippen LogP contribution in [0, 0.1) is 6.92 Å². The number of benzene rings is 4. The topological polar surface area (TPSA) is 63.2 Å². The first-order chi connectivity index (χ1) is 16.6. The molecule has 4 aromatic carbocycles. The molecule has 0 fully saturated rings. The molecule has 0 saturated heterocycles. The number of alkyl halides is 3. The Hall–Kier alpha value is -3.91. The molecule has 8 heteroatoms. The lowest BCUT2D eigenvalue weighted by molar-refractivity contribution is -0.137. The molecule has 0 aliphatic heterocycles. The molecule has 0 radical (unpaired) electrons. The van der Waals surface area contributed by atoms with Crippen molar-refractivity contribution in [3.8, 4) is 11.1 Å². The zero-order valence-electron chi connectivity index (χ0n) is 18.5. The lowest BCUT2D eigenvalue weighted by atomic mass is 9.93. The van der Waals surface area contributed by atoms with Crippen molar-refractivity contribution in [3.63, 3.8) is 0 Å². The number of halogens is 3. The number of hydrogen-bond donors (Lipinski definition) is 1. The van der Waals surface area contributed by atoms with Crippen LogP contribution in [-0.2, 0) is 16.2 Å². The van der Waals surface area contributed by atoms with Gasteiger partial charge in [-0.1, -0.05) is 72.3 Å². The Labute approximate surface area is 201 Å². The van der Waals surface area contributed by atoms with E-state index in [4.69, 9.17) is 0 Å². The summed E-state index contributed by atoms with van der Waals surface area (Å²) in [5.41, 5.74) is 1.55. The first-order valence-corrected chi connectivity index (χ1v) is 12.0. The van der Waals surface area contributed by atoms with E-state index in [2.05, 4.69) is 4.72 Å². The number of carbonyl (C=O) groups excluding carboxylic acids is 1. The van der Waals surface area contributed by atoms with E-state index in [-0.39, 0.29) is 21.7 Å². The highest BCUT2D eigenvalue weighted by Crippen LogP contribution is 2.34. The molecule has 0 aliphatic carbocycles. The van der Waals surface area contributed by atoms with Crippen molar-refractivity contribution in [1.82, 2.24) is 0 Å².